The standard InChI is InChI=1S/C11H12ClFO3S/c1-7(11(14)15)5-17(16)6-8-3-2-4-9(13)10(8)12/h2-4,7H,5-6H2,1H3,(H,14,15). The van der Waals surface area contributed by atoms with E-state index in [-0.39, 0.29) is 16.5 Å². The molecule has 0 saturated carbocycles. The zero-order chi connectivity index (χ0) is 13.0. The van der Waals surface area contributed by atoms with Gasteiger partial charge < -0.3 is 5.11 Å². The Morgan fingerprint density at radius 1 is 1.59 bits per heavy atom. The molecule has 1 aromatic rings. The van der Waals surface area contributed by atoms with E-state index in [9.17, 15) is 13.4 Å². The summed E-state index contributed by atoms with van der Waals surface area (Å²) in [5.41, 5.74) is 0.433. The smallest absolute Gasteiger partial charge is 0.307 e. The number of carboxylic acid groups (broad SMARTS) is 1. The van der Waals surface area contributed by atoms with Crippen LogP contribution in [0.25, 0.3) is 0 Å². The van der Waals surface area contributed by atoms with Gasteiger partial charge in [-0.3, -0.25) is 9.00 Å². The summed E-state index contributed by atoms with van der Waals surface area (Å²) in [5.74, 6) is -2.16. The Morgan fingerprint density at radius 3 is 2.82 bits per heavy atom. The van der Waals surface area contributed by atoms with Crippen molar-refractivity contribution < 1.29 is 18.5 Å². The Bertz CT molecular complexity index is 450. The summed E-state index contributed by atoms with van der Waals surface area (Å²) in [6.07, 6.45) is 0. The first-order valence-electron chi connectivity index (χ1n) is 4.92. The molecule has 1 N–H and O–H groups in total. The van der Waals surface area contributed by atoms with Crippen LogP contribution in [0.5, 0.6) is 0 Å². The number of rotatable bonds is 5. The fraction of sp³-hybridized carbons (Fsp3) is 0.364. The molecule has 0 heterocycles. The quantitative estimate of drug-likeness (QED) is 0.900. The van der Waals surface area contributed by atoms with Crippen LogP contribution < -0.4 is 0 Å². The molecule has 1 rings (SSSR count). The van der Waals surface area contributed by atoms with E-state index in [1.165, 1.54) is 19.1 Å². The van der Waals surface area contributed by atoms with E-state index >= 15 is 0 Å². The van der Waals surface area contributed by atoms with Crippen LogP contribution >= 0.6 is 11.6 Å². The number of hydrogen-bond donors (Lipinski definition) is 1. The van der Waals surface area contributed by atoms with Crippen LogP contribution in [-0.4, -0.2) is 21.0 Å². The molecule has 1 aromatic carbocycles. The van der Waals surface area contributed by atoms with Crippen molar-refractivity contribution in [2.45, 2.75) is 12.7 Å². The third-order valence-electron chi connectivity index (χ3n) is 2.21. The second-order valence-electron chi connectivity index (χ2n) is 3.70. The highest BCUT2D eigenvalue weighted by atomic mass is 35.5. The van der Waals surface area contributed by atoms with Gasteiger partial charge in [-0.2, -0.15) is 0 Å². The van der Waals surface area contributed by atoms with Crippen LogP contribution in [0.4, 0.5) is 4.39 Å². The number of hydrogen-bond acceptors (Lipinski definition) is 2. The lowest BCUT2D eigenvalue weighted by molar-refractivity contribution is -0.140. The van der Waals surface area contributed by atoms with E-state index < -0.39 is 28.5 Å². The fourth-order valence-electron chi connectivity index (χ4n) is 1.24. The molecular weight excluding hydrogens is 267 g/mol. The van der Waals surface area contributed by atoms with Crippen molar-refractivity contribution in [1.82, 2.24) is 0 Å². The van der Waals surface area contributed by atoms with Crippen molar-refractivity contribution >= 4 is 28.4 Å². The van der Waals surface area contributed by atoms with Gasteiger partial charge in [0.15, 0.2) is 0 Å². The predicted molar refractivity (Wildman–Crippen MR) is 64.9 cm³/mol. The van der Waals surface area contributed by atoms with Gasteiger partial charge in [-0.1, -0.05) is 30.7 Å². The minimum Gasteiger partial charge on any atom is -0.481 e. The minimum absolute atomic E-state index is 0.0299. The molecule has 0 fully saturated rings. The first kappa shape index (κ1) is 14.1. The molecule has 0 bridgehead atoms. The van der Waals surface area contributed by atoms with Crippen molar-refractivity contribution in [3.05, 3.63) is 34.6 Å². The van der Waals surface area contributed by atoms with Gasteiger partial charge in [0.05, 0.1) is 16.7 Å². The molecule has 6 heteroatoms. The molecule has 0 aliphatic rings. The first-order chi connectivity index (χ1) is 7.91. The first-order valence-corrected chi connectivity index (χ1v) is 6.79. The zero-order valence-electron chi connectivity index (χ0n) is 9.15. The zero-order valence-corrected chi connectivity index (χ0v) is 10.7. The highest BCUT2D eigenvalue weighted by Crippen LogP contribution is 2.21. The second kappa shape index (κ2) is 6.12. The van der Waals surface area contributed by atoms with Crippen molar-refractivity contribution in [2.75, 3.05) is 5.75 Å². The molecule has 17 heavy (non-hydrogen) atoms. The van der Waals surface area contributed by atoms with Crippen LogP contribution in [0, 0.1) is 11.7 Å². The Kier molecular flexibility index (Phi) is 5.08. The predicted octanol–water partition coefficient (Wildman–Crippen LogP) is 2.45. The summed E-state index contributed by atoms with van der Waals surface area (Å²) in [7, 11) is -1.37. The van der Waals surface area contributed by atoms with E-state index in [4.69, 9.17) is 16.7 Å². The molecule has 2 atom stereocenters. The monoisotopic (exact) mass is 278 g/mol. The molecule has 0 amide bonds. The molecule has 0 aliphatic heterocycles. The highest BCUT2D eigenvalue weighted by Gasteiger charge is 2.16. The Morgan fingerprint density at radius 2 is 2.24 bits per heavy atom. The van der Waals surface area contributed by atoms with Gasteiger partial charge in [-0.15, -0.1) is 0 Å². The van der Waals surface area contributed by atoms with Crippen LogP contribution in [0.2, 0.25) is 5.02 Å². The molecule has 0 aliphatic carbocycles. The fourth-order valence-corrected chi connectivity index (χ4v) is 2.92. The van der Waals surface area contributed by atoms with Crippen LogP contribution in [0.1, 0.15) is 12.5 Å². The van der Waals surface area contributed by atoms with Crippen molar-refractivity contribution in [3.8, 4) is 0 Å². The molecule has 0 spiro atoms. The number of carbonyl (C=O) groups is 1. The lowest BCUT2D eigenvalue weighted by Crippen LogP contribution is -2.18. The van der Waals surface area contributed by atoms with Gasteiger partial charge in [0, 0.05) is 16.6 Å². The normalized spacial score (nSPS) is 14.3. The second-order valence-corrected chi connectivity index (χ2v) is 5.58. The molecule has 2 unspecified atom stereocenters. The summed E-state index contributed by atoms with van der Waals surface area (Å²) in [5, 5.41) is 8.62. The summed E-state index contributed by atoms with van der Waals surface area (Å²) in [4.78, 5) is 10.6. The topological polar surface area (TPSA) is 54.4 Å². The van der Waals surface area contributed by atoms with Gasteiger partial charge in [-0.05, 0) is 11.6 Å². The van der Waals surface area contributed by atoms with Crippen molar-refractivity contribution in [3.63, 3.8) is 0 Å². The average molecular weight is 279 g/mol. The highest BCUT2D eigenvalue weighted by molar-refractivity contribution is 7.84. The van der Waals surface area contributed by atoms with Gasteiger partial charge in [0.1, 0.15) is 5.82 Å². The van der Waals surface area contributed by atoms with Crippen molar-refractivity contribution in [1.29, 1.82) is 0 Å². The molecule has 0 radical (unpaired) electrons. The number of benzene rings is 1. The number of halogens is 2. The molecule has 94 valence electrons. The number of aliphatic carboxylic acids is 1. The lowest BCUT2D eigenvalue weighted by atomic mass is 10.2. The molecule has 0 aromatic heterocycles. The SMILES string of the molecule is CC(CS(=O)Cc1cccc(F)c1Cl)C(=O)O. The van der Waals surface area contributed by atoms with Crippen LogP contribution in [0.15, 0.2) is 18.2 Å². The van der Waals surface area contributed by atoms with Crippen LogP contribution in [0.3, 0.4) is 0 Å². The number of carboxylic acids is 1. The Balaban J connectivity index is 2.69. The molecule has 3 nitrogen and oxygen atoms in total. The van der Waals surface area contributed by atoms with Gasteiger partial charge in [-0.25, -0.2) is 4.39 Å². The van der Waals surface area contributed by atoms with Crippen LogP contribution in [-0.2, 0) is 21.3 Å². The van der Waals surface area contributed by atoms with Gasteiger partial charge in [0.25, 0.3) is 0 Å². The van der Waals surface area contributed by atoms with E-state index in [0.717, 1.165) is 0 Å². The van der Waals surface area contributed by atoms with E-state index in [1.807, 2.05) is 0 Å². The summed E-state index contributed by atoms with van der Waals surface area (Å²) >= 11 is 5.71. The molecular formula is C11H12ClFO3S. The maximum atomic E-state index is 13.1. The van der Waals surface area contributed by atoms with Gasteiger partial charge in [0.2, 0.25) is 0 Å². The molecule has 0 saturated heterocycles. The Hall–Kier alpha value is -0.940. The third-order valence-corrected chi connectivity index (χ3v) is 4.13. The van der Waals surface area contributed by atoms with E-state index in [2.05, 4.69) is 0 Å². The van der Waals surface area contributed by atoms with Crippen molar-refractivity contribution in [2.24, 2.45) is 5.92 Å². The maximum Gasteiger partial charge on any atom is 0.307 e. The summed E-state index contributed by atoms with van der Waals surface area (Å²) < 4.78 is 24.8. The third kappa shape index (κ3) is 4.09. The van der Waals surface area contributed by atoms with Gasteiger partial charge >= 0.3 is 5.97 Å². The van der Waals surface area contributed by atoms with E-state index in [1.54, 1.807) is 6.07 Å². The summed E-state index contributed by atoms with van der Waals surface area (Å²) in [6, 6.07) is 4.28. The summed E-state index contributed by atoms with van der Waals surface area (Å²) in [6.45, 7) is 1.48. The Labute approximate surface area is 106 Å². The van der Waals surface area contributed by atoms with E-state index in [0.29, 0.717) is 5.56 Å². The largest absolute Gasteiger partial charge is 0.481 e. The average Bonchev–Trinajstić information content (AvgIpc) is 2.24. The minimum atomic E-state index is -1.37. The maximum absolute atomic E-state index is 13.1. The lowest BCUT2D eigenvalue weighted by Gasteiger charge is -2.07.